The number of aromatic nitrogens is 3. The number of benzene rings is 2. The zero-order valence-electron chi connectivity index (χ0n) is 13.4. The first kappa shape index (κ1) is 16.2. The van der Waals surface area contributed by atoms with Crippen LogP contribution in [0.2, 0.25) is 0 Å². The van der Waals surface area contributed by atoms with Crippen LogP contribution in [0.15, 0.2) is 76.9 Å². The van der Waals surface area contributed by atoms with Crippen LogP contribution in [0, 0.1) is 0 Å². The molecule has 2 aromatic carbocycles. The minimum absolute atomic E-state index is 0.238. The Morgan fingerprint density at radius 1 is 0.808 bits per heavy atom. The molecule has 0 spiro atoms. The van der Waals surface area contributed by atoms with E-state index >= 15 is 0 Å². The number of rotatable bonds is 3. The van der Waals surface area contributed by atoms with E-state index in [2.05, 4.69) is 15.0 Å². The van der Waals surface area contributed by atoms with Gasteiger partial charge in [0, 0.05) is 16.3 Å². The summed E-state index contributed by atoms with van der Waals surface area (Å²) >= 11 is 0. The number of phenols is 2. The normalized spacial score (nSPS) is 12.2. The number of aromatic hydroxyl groups is 2. The van der Waals surface area contributed by atoms with Gasteiger partial charge in [0.15, 0.2) is 16.5 Å². The van der Waals surface area contributed by atoms with Crippen LogP contribution in [0.3, 0.4) is 0 Å². The van der Waals surface area contributed by atoms with Crippen molar-refractivity contribution in [3.8, 4) is 22.9 Å². The maximum atomic E-state index is 12.7. The van der Waals surface area contributed by atoms with E-state index in [0.717, 1.165) is 10.9 Å². The molecule has 0 aliphatic rings. The van der Waals surface area contributed by atoms with Crippen molar-refractivity contribution in [1.82, 2.24) is 15.0 Å². The van der Waals surface area contributed by atoms with Gasteiger partial charge >= 0.3 is 0 Å². The van der Waals surface area contributed by atoms with E-state index in [9.17, 15) is 14.4 Å². The van der Waals surface area contributed by atoms with Crippen molar-refractivity contribution in [2.24, 2.45) is 0 Å². The number of pyridine rings is 1. The van der Waals surface area contributed by atoms with Crippen LogP contribution >= 0.6 is 0 Å². The highest BCUT2D eigenvalue weighted by molar-refractivity contribution is 7.85. The van der Waals surface area contributed by atoms with E-state index in [1.807, 2.05) is 36.4 Å². The van der Waals surface area contributed by atoms with Gasteiger partial charge in [0.2, 0.25) is 0 Å². The Morgan fingerprint density at radius 2 is 1.65 bits per heavy atom. The molecule has 4 rings (SSSR count). The summed E-state index contributed by atoms with van der Waals surface area (Å²) in [5.74, 6) is -0.609. The summed E-state index contributed by atoms with van der Waals surface area (Å²) in [5.41, 5.74) is 1.97. The number of phenolic OH excluding ortho intramolecular Hbond substituents is 2. The zero-order chi connectivity index (χ0) is 18.1. The number of hydrogen-bond acceptors (Lipinski definition) is 6. The second kappa shape index (κ2) is 6.53. The number of fused-ring (bicyclic) bond motifs is 1. The van der Waals surface area contributed by atoms with E-state index in [1.165, 1.54) is 24.4 Å². The molecule has 6 nitrogen and oxygen atoms in total. The molecule has 0 fully saturated rings. The molecule has 0 amide bonds. The predicted octanol–water partition coefficient (Wildman–Crippen LogP) is 3.27. The van der Waals surface area contributed by atoms with Gasteiger partial charge in [-0.25, -0.2) is 14.2 Å². The fourth-order valence-corrected chi connectivity index (χ4v) is 3.50. The molecular formula is C19H13N3O3S. The minimum Gasteiger partial charge on any atom is -0.504 e. The van der Waals surface area contributed by atoms with Gasteiger partial charge in [-0.15, -0.1) is 0 Å². The van der Waals surface area contributed by atoms with E-state index < -0.39 is 10.8 Å². The zero-order valence-corrected chi connectivity index (χ0v) is 14.2. The second-order valence-electron chi connectivity index (χ2n) is 5.55. The molecule has 0 aliphatic heterocycles. The molecular weight excluding hydrogens is 350 g/mol. The first-order valence-electron chi connectivity index (χ1n) is 7.74. The van der Waals surface area contributed by atoms with E-state index in [0.29, 0.717) is 16.3 Å². The average Bonchev–Trinajstić information content (AvgIpc) is 2.69. The highest BCUT2D eigenvalue weighted by Crippen LogP contribution is 2.28. The maximum absolute atomic E-state index is 12.7. The van der Waals surface area contributed by atoms with Crippen molar-refractivity contribution in [2.75, 3.05) is 0 Å². The smallest absolute Gasteiger partial charge is 0.158 e. The van der Waals surface area contributed by atoms with Crippen molar-refractivity contribution in [2.45, 2.75) is 9.92 Å². The Kier molecular flexibility index (Phi) is 4.06. The lowest BCUT2D eigenvalue weighted by Crippen LogP contribution is -1.99. The minimum atomic E-state index is -1.65. The molecule has 7 heteroatoms. The molecule has 2 N–H and O–H groups in total. The Morgan fingerprint density at radius 3 is 2.50 bits per heavy atom. The van der Waals surface area contributed by atoms with Crippen LogP contribution in [0.4, 0.5) is 0 Å². The van der Waals surface area contributed by atoms with Crippen LogP contribution in [-0.2, 0) is 10.8 Å². The highest BCUT2D eigenvalue weighted by Gasteiger charge is 2.13. The maximum Gasteiger partial charge on any atom is 0.158 e. The van der Waals surface area contributed by atoms with Gasteiger partial charge in [-0.1, -0.05) is 24.3 Å². The summed E-state index contributed by atoms with van der Waals surface area (Å²) in [6, 6.07) is 15.5. The van der Waals surface area contributed by atoms with Gasteiger partial charge in [0.1, 0.15) is 16.5 Å². The van der Waals surface area contributed by atoms with Gasteiger partial charge in [-0.2, -0.15) is 0 Å². The van der Waals surface area contributed by atoms with E-state index in [1.54, 1.807) is 6.20 Å². The number of para-hydroxylation sites is 1. The third-order valence-corrected chi connectivity index (χ3v) is 5.08. The molecule has 1 atom stereocenters. The fourth-order valence-electron chi connectivity index (χ4n) is 2.51. The fraction of sp³-hybridized carbons (Fsp3) is 0. The largest absolute Gasteiger partial charge is 0.504 e. The van der Waals surface area contributed by atoms with Crippen LogP contribution in [0.25, 0.3) is 22.3 Å². The summed E-state index contributed by atoms with van der Waals surface area (Å²) in [6.07, 6.45) is 2.97. The topological polar surface area (TPSA) is 96.2 Å². The quantitative estimate of drug-likeness (QED) is 0.542. The van der Waals surface area contributed by atoms with Gasteiger partial charge in [-0.05, 0) is 24.3 Å². The standard InChI is InChI=1S/C19H13N3O3S/c23-17-8-6-13(9-18(17)24)26(25)19-11-20-10-16(22-19)15-7-5-12-3-1-2-4-14(12)21-15/h1-11,23-24H. The first-order chi connectivity index (χ1) is 12.6. The molecule has 0 saturated carbocycles. The molecule has 26 heavy (non-hydrogen) atoms. The third-order valence-electron chi connectivity index (χ3n) is 3.82. The SMILES string of the molecule is O=S(c1ccc(O)c(O)c1)c1cncc(-c2ccc3ccccc3n2)n1. The molecule has 2 aromatic heterocycles. The Hall–Kier alpha value is -3.32. The van der Waals surface area contributed by atoms with Crippen LogP contribution < -0.4 is 0 Å². The van der Waals surface area contributed by atoms with Gasteiger partial charge < -0.3 is 10.2 Å². The van der Waals surface area contributed by atoms with Crippen molar-refractivity contribution in [3.63, 3.8) is 0 Å². The molecule has 0 aliphatic carbocycles. The van der Waals surface area contributed by atoms with Crippen LogP contribution in [0.5, 0.6) is 11.5 Å². The lowest BCUT2D eigenvalue weighted by atomic mass is 10.2. The van der Waals surface area contributed by atoms with Crippen LogP contribution in [-0.4, -0.2) is 29.4 Å². The average molecular weight is 363 g/mol. The third kappa shape index (κ3) is 3.00. The number of hydrogen-bond donors (Lipinski definition) is 2. The molecule has 0 saturated heterocycles. The van der Waals surface area contributed by atoms with Gasteiger partial charge in [0.25, 0.3) is 0 Å². The molecule has 0 radical (unpaired) electrons. The highest BCUT2D eigenvalue weighted by atomic mass is 32.2. The van der Waals surface area contributed by atoms with Crippen LogP contribution in [0.1, 0.15) is 0 Å². The predicted molar refractivity (Wildman–Crippen MR) is 97.2 cm³/mol. The van der Waals surface area contributed by atoms with E-state index in [4.69, 9.17) is 0 Å². The molecule has 128 valence electrons. The van der Waals surface area contributed by atoms with Crippen molar-refractivity contribution in [3.05, 3.63) is 67.0 Å². The monoisotopic (exact) mass is 363 g/mol. The molecule has 4 aromatic rings. The first-order valence-corrected chi connectivity index (χ1v) is 8.89. The summed E-state index contributed by atoms with van der Waals surface area (Å²) < 4.78 is 12.7. The van der Waals surface area contributed by atoms with Crippen molar-refractivity contribution >= 4 is 21.7 Å². The van der Waals surface area contributed by atoms with Crippen molar-refractivity contribution in [1.29, 1.82) is 0 Å². The lowest BCUT2D eigenvalue weighted by Gasteiger charge is -2.06. The second-order valence-corrected chi connectivity index (χ2v) is 6.98. The Bertz CT molecular complexity index is 1150. The lowest BCUT2D eigenvalue weighted by molar-refractivity contribution is 0.402. The molecule has 0 bridgehead atoms. The molecule has 1 unspecified atom stereocenters. The van der Waals surface area contributed by atoms with Gasteiger partial charge in [0.05, 0.1) is 23.6 Å². The number of nitrogens with zero attached hydrogens (tertiary/aromatic N) is 3. The molecule has 2 heterocycles. The summed E-state index contributed by atoms with van der Waals surface area (Å²) in [7, 11) is -1.65. The van der Waals surface area contributed by atoms with Gasteiger partial charge in [-0.3, -0.25) is 4.98 Å². The van der Waals surface area contributed by atoms with E-state index in [-0.39, 0.29) is 16.5 Å². The summed E-state index contributed by atoms with van der Waals surface area (Å²) in [6.45, 7) is 0. The summed E-state index contributed by atoms with van der Waals surface area (Å²) in [4.78, 5) is 13.4. The summed E-state index contributed by atoms with van der Waals surface area (Å²) in [5, 5.41) is 20.2. The Labute approximate surface area is 151 Å². The van der Waals surface area contributed by atoms with Crippen molar-refractivity contribution < 1.29 is 14.4 Å². The Balaban J connectivity index is 1.73.